The van der Waals surface area contributed by atoms with Gasteiger partial charge in [0.2, 0.25) is 0 Å². The molecule has 0 saturated heterocycles. The van der Waals surface area contributed by atoms with E-state index in [-0.39, 0.29) is 22.6 Å². The molecule has 0 spiro atoms. The van der Waals surface area contributed by atoms with E-state index >= 15 is 0 Å². The number of hydrogen-bond acceptors (Lipinski definition) is 3. The lowest BCUT2D eigenvalue weighted by Crippen LogP contribution is -2.38. The van der Waals surface area contributed by atoms with Gasteiger partial charge in [0.15, 0.2) is 0 Å². The van der Waals surface area contributed by atoms with E-state index in [4.69, 9.17) is 0 Å². The number of benzene rings is 3. The fourth-order valence-electron chi connectivity index (χ4n) is 6.66. The van der Waals surface area contributed by atoms with Crippen LogP contribution in [0.25, 0.3) is 0 Å². The highest BCUT2D eigenvalue weighted by molar-refractivity contribution is 6.08. The van der Waals surface area contributed by atoms with Gasteiger partial charge >= 0.3 is 5.97 Å². The Kier molecular flexibility index (Phi) is 6.57. The molecule has 2 unspecified atom stereocenters. The molecule has 3 aromatic rings. The van der Waals surface area contributed by atoms with Crippen LogP contribution in [0.3, 0.4) is 0 Å². The summed E-state index contributed by atoms with van der Waals surface area (Å²) in [5, 5.41) is 15.5. The number of hydrogen-bond donors (Lipinski definition) is 3. The molecule has 2 saturated carbocycles. The third-order valence-electron chi connectivity index (χ3n) is 8.02. The van der Waals surface area contributed by atoms with Crippen LogP contribution in [0.2, 0.25) is 0 Å². The summed E-state index contributed by atoms with van der Waals surface area (Å²) in [7, 11) is 0. The summed E-state index contributed by atoms with van der Waals surface area (Å²) in [6.45, 7) is 4.85. The van der Waals surface area contributed by atoms with E-state index in [1.165, 1.54) is 43.7 Å². The molecule has 2 aliphatic rings. The normalized spacial score (nSPS) is 25.1. The van der Waals surface area contributed by atoms with Gasteiger partial charge < -0.3 is 15.7 Å². The molecule has 0 heterocycles. The minimum atomic E-state index is -1.08. The first kappa shape index (κ1) is 24.1. The van der Waals surface area contributed by atoms with E-state index in [1.54, 1.807) is 30.3 Å². The van der Waals surface area contributed by atoms with Crippen LogP contribution in [-0.2, 0) is 5.41 Å². The summed E-state index contributed by atoms with van der Waals surface area (Å²) < 4.78 is 0. The van der Waals surface area contributed by atoms with Crippen molar-refractivity contribution in [2.24, 2.45) is 17.8 Å². The number of para-hydroxylation sites is 1. The van der Waals surface area contributed by atoms with Crippen LogP contribution in [0.15, 0.2) is 72.8 Å². The van der Waals surface area contributed by atoms with Gasteiger partial charge in [-0.05, 0) is 103 Å². The number of carbonyl (C=O) groups is 2. The first-order valence-electron chi connectivity index (χ1n) is 12.9. The Morgan fingerprint density at radius 1 is 0.861 bits per heavy atom. The van der Waals surface area contributed by atoms with E-state index < -0.39 is 5.97 Å². The van der Waals surface area contributed by atoms with Crippen LogP contribution in [0.1, 0.15) is 72.2 Å². The summed E-state index contributed by atoms with van der Waals surface area (Å²) in [4.78, 5) is 24.3. The zero-order valence-electron chi connectivity index (χ0n) is 21.0. The smallest absolute Gasteiger partial charge is 0.337 e. The maximum absolute atomic E-state index is 12.8. The van der Waals surface area contributed by atoms with Crippen molar-refractivity contribution in [1.29, 1.82) is 0 Å². The van der Waals surface area contributed by atoms with Crippen LogP contribution < -0.4 is 10.6 Å². The molecule has 2 bridgehead atoms. The van der Waals surface area contributed by atoms with E-state index in [2.05, 4.69) is 48.7 Å². The maximum atomic E-state index is 12.8. The van der Waals surface area contributed by atoms with Crippen LogP contribution >= 0.6 is 0 Å². The molecule has 1 amide bonds. The predicted octanol–water partition coefficient (Wildman–Crippen LogP) is 7.48. The van der Waals surface area contributed by atoms with Gasteiger partial charge in [-0.25, -0.2) is 4.79 Å². The second-order valence-electron chi connectivity index (χ2n) is 11.1. The van der Waals surface area contributed by atoms with Gasteiger partial charge in [-0.15, -0.1) is 0 Å². The lowest BCUT2D eigenvalue weighted by atomic mass is 9.57. The zero-order valence-corrected chi connectivity index (χ0v) is 21.0. The number of aromatic carboxylic acids is 1. The highest BCUT2D eigenvalue weighted by Crippen LogP contribution is 2.51. The van der Waals surface area contributed by atoms with Gasteiger partial charge in [-0.3, -0.25) is 4.79 Å². The molecule has 36 heavy (non-hydrogen) atoms. The molecular formula is C31H34N2O3. The minimum Gasteiger partial charge on any atom is -0.478 e. The Labute approximate surface area is 212 Å². The van der Waals surface area contributed by atoms with Gasteiger partial charge in [0, 0.05) is 16.9 Å². The predicted molar refractivity (Wildman–Crippen MR) is 144 cm³/mol. The second-order valence-corrected chi connectivity index (χ2v) is 11.1. The molecule has 5 heteroatoms. The molecule has 0 aliphatic heterocycles. The molecule has 2 fully saturated rings. The van der Waals surface area contributed by atoms with Crippen molar-refractivity contribution < 1.29 is 14.7 Å². The molecule has 5 nitrogen and oxygen atoms in total. The van der Waals surface area contributed by atoms with Crippen molar-refractivity contribution in [2.75, 3.05) is 10.6 Å². The number of carboxylic acids is 1. The monoisotopic (exact) mass is 482 g/mol. The maximum Gasteiger partial charge on any atom is 0.337 e. The Bertz CT molecular complexity index is 1250. The highest BCUT2D eigenvalue weighted by Gasteiger charge is 2.41. The number of amides is 1. The molecule has 186 valence electrons. The molecule has 0 radical (unpaired) electrons. The lowest BCUT2D eigenvalue weighted by molar-refractivity contribution is 0.0698. The van der Waals surface area contributed by atoms with Gasteiger partial charge in [0.1, 0.15) is 0 Å². The molecule has 5 rings (SSSR count). The van der Waals surface area contributed by atoms with Crippen molar-refractivity contribution in [2.45, 2.75) is 51.4 Å². The van der Waals surface area contributed by atoms with E-state index in [1.807, 2.05) is 12.1 Å². The quantitative estimate of drug-likeness (QED) is 0.340. The molecular weight excluding hydrogens is 448 g/mol. The molecule has 2 atom stereocenters. The standard InChI is InChI=1S/C31H34N2O3/c1-20-14-21-16-22(15-20)19-31(2,18-21)24-10-12-25(13-11-24)32-26-7-5-6-23(17-26)29(34)33-28-9-4-3-8-27(28)30(35)36/h3-13,17,20-22,32H,14-16,18-19H2,1-2H3,(H,33,34)(H,35,36). The Hall–Kier alpha value is -3.60. The first-order chi connectivity index (χ1) is 17.3. The van der Waals surface area contributed by atoms with Gasteiger partial charge in [-0.2, -0.15) is 0 Å². The van der Waals surface area contributed by atoms with Gasteiger partial charge in [0.25, 0.3) is 5.91 Å². The largest absolute Gasteiger partial charge is 0.478 e. The lowest BCUT2D eigenvalue weighted by Gasteiger charge is -2.47. The topological polar surface area (TPSA) is 78.4 Å². The van der Waals surface area contributed by atoms with Crippen LogP contribution in [0.5, 0.6) is 0 Å². The average Bonchev–Trinajstić information content (AvgIpc) is 2.84. The molecule has 3 N–H and O–H groups in total. The first-order valence-corrected chi connectivity index (χ1v) is 12.9. The van der Waals surface area contributed by atoms with Crippen LogP contribution in [0.4, 0.5) is 17.1 Å². The summed E-state index contributed by atoms with van der Waals surface area (Å²) in [6, 6.07) is 22.4. The second kappa shape index (κ2) is 9.81. The SMILES string of the molecule is CC1CC2CC(C1)CC(C)(c1ccc(Nc3cccc(C(=O)Nc4ccccc4C(=O)O)c3)cc1)C2. The summed E-state index contributed by atoms with van der Waals surface area (Å²) in [6.07, 6.45) is 6.71. The fraction of sp³-hybridized carbons (Fsp3) is 0.355. The molecule has 3 aromatic carbocycles. The minimum absolute atomic E-state index is 0.0602. The number of rotatable bonds is 6. The summed E-state index contributed by atoms with van der Waals surface area (Å²) in [5.74, 6) is 1.14. The van der Waals surface area contributed by atoms with Crippen molar-refractivity contribution in [1.82, 2.24) is 0 Å². The Morgan fingerprint density at radius 3 is 2.25 bits per heavy atom. The van der Waals surface area contributed by atoms with Gasteiger partial charge in [-0.1, -0.05) is 44.2 Å². The Balaban J connectivity index is 1.27. The van der Waals surface area contributed by atoms with Crippen LogP contribution in [-0.4, -0.2) is 17.0 Å². The number of nitrogens with one attached hydrogen (secondary N) is 2. The average molecular weight is 483 g/mol. The summed E-state index contributed by atoms with van der Waals surface area (Å²) >= 11 is 0. The van der Waals surface area contributed by atoms with Gasteiger partial charge in [0.05, 0.1) is 11.3 Å². The Morgan fingerprint density at radius 2 is 1.56 bits per heavy atom. The summed E-state index contributed by atoms with van der Waals surface area (Å²) in [5.41, 5.74) is 4.23. The van der Waals surface area contributed by atoms with Crippen LogP contribution in [0, 0.1) is 17.8 Å². The molecule has 0 aromatic heterocycles. The van der Waals surface area contributed by atoms with Crippen molar-refractivity contribution in [3.05, 3.63) is 89.5 Å². The number of anilines is 3. The highest BCUT2D eigenvalue weighted by atomic mass is 16.4. The van der Waals surface area contributed by atoms with Crippen molar-refractivity contribution in [3.8, 4) is 0 Å². The third-order valence-corrected chi connectivity index (χ3v) is 8.02. The zero-order chi connectivity index (χ0) is 25.3. The molecule has 2 aliphatic carbocycles. The number of carbonyl (C=O) groups excluding carboxylic acids is 1. The van der Waals surface area contributed by atoms with Crippen molar-refractivity contribution >= 4 is 28.9 Å². The fourth-order valence-corrected chi connectivity index (χ4v) is 6.66. The van der Waals surface area contributed by atoms with E-state index in [0.29, 0.717) is 5.56 Å². The van der Waals surface area contributed by atoms with E-state index in [9.17, 15) is 14.7 Å². The van der Waals surface area contributed by atoms with Crippen molar-refractivity contribution in [3.63, 3.8) is 0 Å². The van der Waals surface area contributed by atoms with E-state index in [0.717, 1.165) is 29.1 Å². The number of fused-ring (bicyclic) bond motifs is 2. The third kappa shape index (κ3) is 5.15. The number of carboxylic acid groups (broad SMARTS) is 1.